The number of piperidine rings is 3. The molecule has 6 rings (SSSR count). The number of methoxy groups -OCH3 is 1. The average molecular weight is 366 g/mol. The third-order valence-corrected chi connectivity index (χ3v) is 6.84. The smallest absolute Gasteiger partial charge is 0.272 e. The van der Waals surface area contributed by atoms with Gasteiger partial charge in [0.25, 0.3) is 5.91 Å². The van der Waals surface area contributed by atoms with E-state index in [1.807, 2.05) is 25.2 Å². The van der Waals surface area contributed by atoms with Gasteiger partial charge in [-0.3, -0.25) is 14.4 Å². The molecule has 6 heteroatoms. The zero-order valence-corrected chi connectivity index (χ0v) is 15.9. The van der Waals surface area contributed by atoms with Crippen LogP contribution in [0.2, 0.25) is 0 Å². The Bertz CT molecular complexity index is 838. The molecule has 4 aliphatic rings. The number of benzene rings is 1. The summed E-state index contributed by atoms with van der Waals surface area (Å²) in [6, 6.07) is 11.0. The van der Waals surface area contributed by atoms with Crippen molar-refractivity contribution in [1.82, 2.24) is 19.6 Å². The Kier molecular flexibility index (Phi) is 3.97. The van der Waals surface area contributed by atoms with E-state index in [-0.39, 0.29) is 5.91 Å². The Morgan fingerprint density at radius 2 is 1.85 bits per heavy atom. The van der Waals surface area contributed by atoms with Crippen molar-refractivity contribution in [2.75, 3.05) is 26.7 Å². The maximum atomic E-state index is 13.4. The first kappa shape index (κ1) is 16.8. The molecule has 142 valence electrons. The predicted molar refractivity (Wildman–Crippen MR) is 102 cm³/mol. The highest BCUT2D eigenvalue weighted by Gasteiger charge is 2.54. The van der Waals surface area contributed by atoms with Crippen LogP contribution in [0, 0.1) is 5.92 Å². The highest BCUT2D eigenvalue weighted by Crippen LogP contribution is 2.47. The van der Waals surface area contributed by atoms with E-state index < -0.39 is 0 Å². The van der Waals surface area contributed by atoms with Gasteiger partial charge >= 0.3 is 0 Å². The van der Waals surface area contributed by atoms with Gasteiger partial charge in [-0.15, -0.1) is 0 Å². The normalized spacial score (nSPS) is 31.8. The molecule has 0 aliphatic carbocycles. The number of ether oxygens (including phenoxy) is 1. The van der Waals surface area contributed by atoms with Crippen molar-refractivity contribution in [2.45, 2.75) is 30.8 Å². The maximum Gasteiger partial charge on any atom is 0.272 e. The van der Waals surface area contributed by atoms with Gasteiger partial charge in [0, 0.05) is 31.7 Å². The quantitative estimate of drug-likeness (QED) is 0.835. The first-order valence-corrected chi connectivity index (χ1v) is 9.84. The number of aromatic nitrogens is 2. The van der Waals surface area contributed by atoms with Gasteiger partial charge in [-0.1, -0.05) is 12.1 Å². The molecule has 27 heavy (non-hydrogen) atoms. The number of carbonyl (C=O) groups excluding carboxylic acids is 1. The second-order valence-corrected chi connectivity index (χ2v) is 8.03. The topological polar surface area (TPSA) is 50.6 Å². The van der Waals surface area contributed by atoms with Crippen molar-refractivity contribution < 1.29 is 9.53 Å². The monoisotopic (exact) mass is 366 g/mol. The molecule has 1 amide bonds. The lowest BCUT2D eigenvalue weighted by Crippen LogP contribution is -2.60. The van der Waals surface area contributed by atoms with Gasteiger partial charge in [-0.2, -0.15) is 5.10 Å². The number of amides is 1. The number of likely N-dealkylation sites (tertiary alicyclic amines) is 1. The molecule has 2 bridgehead atoms. The largest absolute Gasteiger partial charge is 0.497 e. The van der Waals surface area contributed by atoms with E-state index in [2.05, 4.69) is 27.0 Å². The minimum atomic E-state index is 0.120. The molecule has 0 spiro atoms. The summed E-state index contributed by atoms with van der Waals surface area (Å²) < 4.78 is 7.02. The summed E-state index contributed by atoms with van der Waals surface area (Å²) in [6.45, 7) is 3.09. The van der Waals surface area contributed by atoms with E-state index in [1.54, 1.807) is 18.0 Å². The Morgan fingerprint density at radius 1 is 1.11 bits per heavy atom. The van der Waals surface area contributed by atoms with Crippen molar-refractivity contribution in [2.24, 2.45) is 13.0 Å². The van der Waals surface area contributed by atoms with Crippen molar-refractivity contribution in [3.63, 3.8) is 0 Å². The third kappa shape index (κ3) is 2.57. The second kappa shape index (κ2) is 6.37. The lowest BCUT2D eigenvalue weighted by molar-refractivity contribution is -0.00372. The number of nitrogens with zero attached hydrogens (tertiary/aromatic N) is 4. The summed E-state index contributed by atoms with van der Waals surface area (Å²) in [5, 5.41) is 4.20. The van der Waals surface area contributed by atoms with E-state index in [4.69, 9.17) is 4.74 Å². The molecule has 0 saturated carbocycles. The van der Waals surface area contributed by atoms with Crippen LogP contribution in [0.1, 0.15) is 34.8 Å². The average Bonchev–Trinajstić information content (AvgIpc) is 3.34. The summed E-state index contributed by atoms with van der Waals surface area (Å²) in [4.78, 5) is 18.1. The van der Waals surface area contributed by atoms with E-state index in [0.29, 0.717) is 29.6 Å². The van der Waals surface area contributed by atoms with Crippen molar-refractivity contribution in [3.05, 3.63) is 47.8 Å². The zero-order chi connectivity index (χ0) is 18.5. The second-order valence-electron chi connectivity index (χ2n) is 8.03. The molecule has 6 nitrogen and oxygen atoms in total. The van der Waals surface area contributed by atoms with E-state index in [0.717, 1.165) is 25.4 Å². The molecule has 4 saturated heterocycles. The fourth-order valence-corrected chi connectivity index (χ4v) is 5.53. The van der Waals surface area contributed by atoms with Crippen molar-refractivity contribution >= 4 is 5.91 Å². The van der Waals surface area contributed by atoms with E-state index in [1.165, 1.54) is 18.4 Å². The number of fused-ring (bicyclic) bond motifs is 2. The van der Waals surface area contributed by atoms with Crippen LogP contribution in [-0.2, 0) is 7.05 Å². The Hall–Kier alpha value is -2.34. The predicted octanol–water partition coefficient (Wildman–Crippen LogP) is 2.13. The Labute approximate surface area is 159 Å². The number of carbonyl (C=O) groups is 1. The summed E-state index contributed by atoms with van der Waals surface area (Å²) in [5.74, 6) is 1.96. The Morgan fingerprint density at radius 3 is 2.48 bits per heavy atom. The van der Waals surface area contributed by atoms with Crippen LogP contribution in [-0.4, -0.2) is 64.3 Å². The SMILES string of the molecule is COc1ccc([C@H]2CN(C(=O)c3ccnn3C)[C@H]3C4CCN(CC4)[C@@H]23)cc1. The van der Waals surface area contributed by atoms with Gasteiger partial charge in [0.15, 0.2) is 0 Å². The van der Waals surface area contributed by atoms with E-state index in [9.17, 15) is 4.79 Å². The lowest BCUT2D eigenvalue weighted by Gasteiger charge is -2.51. The first-order chi connectivity index (χ1) is 13.2. The molecule has 0 N–H and O–H groups in total. The van der Waals surface area contributed by atoms with Crippen molar-refractivity contribution in [1.29, 1.82) is 0 Å². The number of hydrogen-bond acceptors (Lipinski definition) is 4. The van der Waals surface area contributed by atoms with Gasteiger partial charge in [0.1, 0.15) is 11.4 Å². The highest BCUT2D eigenvalue weighted by molar-refractivity contribution is 5.93. The minimum Gasteiger partial charge on any atom is -0.497 e. The molecule has 2 aromatic rings. The molecule has 3 atom stereocenters. The van der Waals surface area contributed by atoms with Gasteiger partial charge in [0.05, 0.1) is 13.2 Å². The molecule has 1 aromatic carbocycles. The molecular weight excluding hydrogens is 340 g/mol. The summed E-state index contributed by atoms with van der Waals surface area (Å²) >= 11 is 0. The van der Waals surface area contributed by atoms with Crippen LogP contribution < -0.4 is 4.74 Å². The molecule has 4 fully saturated rings. The molecule has 4 aliphatic heterocycles. The number of hydrogen-bond donors (Lipinski definition) is 0. The number of rotatable bonds is 3. The first-order valence-electron chi connectivity index (χ1n) is 9.84. The lowest BCUT2D eigenvalue weighted by atomic mass is 9.75. The van der Waals surface area contributed by atoms with Crippen LogP contribution in [0.25, 0.3) is 0 Å². The highest BCUT2D eigenvalue weighted by atomic mass is 16.5. The van der Waals surface area contributed by atoms with Crippen LogP contribution in [0.5, 0.6) is 5.75 Å². The van der Waals surface area contributed by atoms with Gasteiger partial charge in [0.2, 0.25) is 0 Å². The van der Waals surface area contributed by atoms with Gasteiger partial charge in [-0.25, -0.2) is 0 Å². The van der Waals surface area contributed by atoms with Gasteiger partial charge < -0.3 is 9.64 Å². The molecule has 1 aromatic heterocycles. The minimum absolute atomic E-state index is 0.120. The molecule has 0 unspecified atom stereocenters. The standard InChI is InChI=1S/C21H26N4O2/c1-23-18(7-10-22-23)21(26)25-13-17(14-3-5-16(27-2)6-4-14)20-19(25)15-8-11-24(20)12-9-15/h3-7,10,15,17,19-20H,8-9,11-13H2,1-2H3/t17-,19+,20+/m1/s1. The molecule has 5 heterocycles. The van der Waals surface area contributed by atoms with Crippen LogP contribution >= 0.6 is 0 Å². The summed E-state index contributed by atoms with van der Waals surface area (Å²) in [6.07, 6.45) is 4.11. The maximum absolute atomic E-state index is 13.4. The van der Waals surface area contributed by atoms with Crippen LogP contribution in [0.3, 0.4) is 0 Å². The van der Waals surface area contributed by atoms with Crippen LogP contribution in [0.4, 0.5) is 0 Å². The fraction of sp³-hybridized carbons (Fsp3) is 0.524. The third-order valence-electron chi connectivity index (χ3n) is 6.84. The van der Waals surface area contributed by atoms with Gasteiger partial charge in [-0.05, 0) is 55.6 Å². The van der Waals surface area contributed by atoms with Crippen LogP contribution in [0.15, 0.2) is 36.5 Å². The molecular formula is C21H26N4O2. The molecule has 0 radical (unpaired) electrons. The van der Waals surface area contributed by atoms with E-state index >= 15 is 0 Å². The fourth-order valence-electron chi connectivity index (χ4n) is 5.53. The zero-order valence-electron chi connectivity index (χ0n) is 15.9. The summed E-state index contributed by atoms with van der Waals surface area (Å²) in [7, 11) is 3.54. The van der Waals surface area contributed by atoms with Crippen molar-refractivity contribution in [3.8, 4) is 5.75 Å². The number of aryl methyl sites for hydroxylation is 1. The summed E-state index contributed by atoms with van der Waals surface area (Å²) in [5.41, 5.74) is 1.99. The Balaban J connectivity index is 1.51.